The first kappa shape index (κ1) is 35.2. The third-order valence-corrected chi connectivity index (χ3v) is 8.98. The summed E-state index contributed by atoms with van der Waals surface area (Å²) in [5.41, 5.74) is 4.17. The van der Waals surface area contributed by atoms with E-state index in [2.05, 4.69) is 15.6 Å². The Balaban J connectivity index is 1.50. The van der Waals surface area contributed by atoms with Gasteiger partial charge in [0.2, 0.25) is 17.7 Å². The van der Waals surface area contributed by atoms with Crippen molar-refractivity contribution in [2.75, 3.05) is 6.54 Å². The first-order chi connectivity index (χ1) is 20.9. The van der Waals surface area contributed by atoms with Crippen molar-refractivity contribution in [2.45, 2.75) is 117 Å². The Morgan fingerprint density at radius 3 is 2.18 bits per heavy atom. The largest absolute Gasteiger partial charge is 0.481 e. The molecule has 1 aromatic heterocycles. The fraction of sp³-hybridized carbons (Fsp3) is 0.606. The van der Waals surface area contributed by atoms with E-state index in [9.17, 15) is 24.3 Å². The zero-order valence-electron chi connectivity index (χ0n) is 26.4. The number of unbranched alkanes of at least 4 members (excludes halogenated alkanes) is 6. The Morgan fingerprint density at radius 1 is 1.00 bits per heavy atom. The highest BCUT2D eigenvalue weighted by molar-refractivity contribution is 7.13. The number of carboxylic acid groups (broad SMARTS) is 1. The van der Waals surface area contributed by atoms with Crippen molar-refractivity contribution < 1.29 is 29.4 Å². The molecule has 1 aliphatic heterocycles. The van der Waals surface area contributed by atoms with Crippen molar-refractivity contribution >= 4 is 35.0 Å². The van der Waals surface area contributed by atoms with Crippen LogP contribution in [0.2, 0.25) is 0 Å². The number of rotatable bonds is 16. The Bertz CT molecular complexity index is 1260. The quantitative estimate of drug-likeness (QED) is 0.195. The Labute approximate surface area is 264 Å². The molecule has 0 aliphatic carbocycles. The van der Waals surface area contributed by atoms with Crippen LogP contribution in [0.4, 0.5) is 0 Å². The average molecular weight is 629 g/mol. The lowest BCUT2D eigenvalue weighted by atomic mass is 9.85. The molecule has 11 heteroatoms. The maximum Gasteiger partial charge on any atom is 0.303 e. The summed E-state index contributed by atoms with van der Waals surface area (Å²) in [7, 11) is 0. The fourth-order valence-corrected chi connectivity index (χ4v) is 6.27. The SMILES string of the molecule is Cc1ncsc1-c1ccc(CNC(=O)[C@H]2C[C@H](O)CN2C(=O)C(NC(=O)CCCCCCCCCC(=O)O)C(C)(C)C)cc1. The van der Waals surface area contributed by atoms with Gasteiger partial charge in [0.25, 0.3) is 0 Å². The van der Waals surface area contributed by atoms with Gasteiger partial charge in [-0.3, -0.25) is 19.2 Å². The number of likely N-dealkylation sites (tertiary alicyclic amines) is 1. The Kier molecular flexibility index (Phi) is 13.3. The van der Waals surface area contributed by atoms with Crippen molar-refractivity contribution in [1.82, 2.24) is 20.5 Å². The van der Waals surface area contributed by atoms with Crippen molar-refractivity contribution in [3.8, 4) is 10.4 Å². The molecule has 3 atom stereocenters. The number of nitrogens with zero attached hydrogens (tertiary/aromatic N) is 2. The summed E-state index contributed by atoms with van der Waals surface area (Å²) in [6, 6.07) is 6.24. The van der Waals surface area contributed by atoms with Gasteiger partial charge in [-0.05, 0) is 36.3 Å². The number of aliphatic hydroxyl groups excluding tert-OH is 1. The number of amides is 3. The summed E-state index contributed by atoms with van der Waals surface area (Å²) < 4.78 is 0. The van der Waals surface area contributed by atoms with E-state index in [1.165, 1.54) is 4.90 Å². The van der Waals surface area contributed by atoms with Crippen LogP contribution in [-0.4, -0.2) is 68.5 Å². The molecule has 2 heterocycles. The summed E-state index contributed by atoms with van der Waals surface area (Å²) in [5.74, 6) is -1.67. The van der Waals surface area contributed by atoms with E-state index in [1.54, 1.807) is 11.3 Å². The Morgan fingerprint density at radius 2 is 1.61 bits per heavy atom. The van der Waals surface area contributed by atoms with E-state index in [0.717, 1.165) is 53.8 Å². The number of carboxylic acids is 1. The molecule has 1 fully saturated rings. The van der Waals surface area contributed by atoms with Gasteiger partial charge in [0.15, 0.2) is 0 Å². The second-order valence-corrected chi connectivity index (χ2v) is 13.7. The fourth-order valence-electron chi connectivity index (χ4n) is 5.46. The Hall–Kier alpha value is -3.31. The summed E-state index contributed by atoms with van der Waals surface area (Å²) in [4.78, 5) is 57.3. The first-order valence-electron chi connectivity index (χ1n) is 15.6. The van der Waals surface area contributed by atoms with E-state index in [0.29, 0.717) is 19.3 Å². The number of aromatic nitrogens is 1. The maximum absolute atomic E-state index is 13.8. The molecular weight excluding hydrogens is 580 g/mol. The van der Waals surface area contributed by atoms with Crippen LogP contribution < -0.4 is 10.6 Å². The number of aliphatic hydroxyl groups is 1. The highest BCUT2D eigenvalue weighted by Crippen LogP contribution is 2.28. The predicted octanol–water partition coefficient (Wildman–Crippen LogP) is 4.82. The molecule has 1 saturated heterocycles. The average Bonchev–Trinajstić information content (AvgIpc) is 3.58. The molecule has 0 saturated carbocycles. The maximum atomic E-state index is 13.8. The van der Waals surface area contributed by atoms with Crippen LogP contribution in [0, 0.1) is 12.3 Å². The molecule has 242 valence electrons. The molecule has 0 spiro atoms. The van der Waals surface area contributed by atoms with Crippen LogP contribution in [0.25, 0.3) is 10.4 Å². The van der Waals surface area contributed by atoms with Gasteiger partial charge in [-0.1, -0.05) is 77.1 Å². The number of aliphatic carboxylic acids is 1. The molecular formula is C33H48N4O6S. The van der Waals surface area contributed by atoms with Crippen LogP contribution in [0.3, 0.4) is 0 Å². The predicted molar refractivity (Wildman–Crippen MR) is 171 cm³/mol. The van der Waals surface area contributed by atoms with Gasteiger partial charge < -0.3 is 25.7 Å². The summed E-state index contributed by atoms with van der Waals surface area (Å²) in [6.45, 7) is 7.92. The van der Waals surface area contributed by atoms with Crippen LogP contribution in [0.5, 0.6) is 0 Å². The number of aryl methyl sites for hydroxylation is 1. The van der Waals surface area contributed by atoms with Crippen LogP contribution in [0.15, 0.2) is 29.8 Å². The number of carbonyl (C=O) groups is 4. The second kappa shape index (κ2) is 16.7. The third kappa shape index (κ3) is 10.7. The lowest BCUT2D eigenvalue weighted by Gasteiger charge is -2.35. The van der Waals surface area contributed by atoms with Crippen LogP contribution in [0.1, 0.15) is 96.2 Å². The van der Waals surface area contributed by atoms with Crippen molar-refractivity contribution in [1.29, 1.82) is 0 Å². The van der Waals surface area contributed by atoms with Crippen molar-refractivity contribution in [3.05, 3.63) is 41.0 Å². The molecule has 1 aliphatic rings. The minimum absolute atomic E-state index is 0.0364. The summed E-state index contributed by atoms with van der Waals surface area (Å²) in [5, 5.41) is 25.0. The lowest BCUT2D eigenvalue weighted by Crippen LogP contribution is -2.57. The molecule has 0 radical (unpaired) electrons. The number of benzene rings is 1. The van der Waals surface area contributed by atoms with Crippen molar-refractivity contribution in [3.63, 3.8) is 0 Å². The monoisotopic (exact) mass is 628 g/mol. The number of thiazole rings is 1. The molecule has 3 rings (SSSR count). The highest BCUT2D eigenvalue weighted by Gasteiger charge is 2.44. The van der Waals surface area contributed by atoms with E-state index >= 15 is 0 Å². The first-order valence-corrected chi connectivity index (χ1v) is 16.5. The molecule has 1 aromatic carbocycles. The standard InChI is InChI=1S/C33H48N4O6S/c1-22-29(44-21-35-22)24-16-14-23(15-17-24)19-34-31(42)26-18-25(38)20-37(26)32(43)30(33(2,3)4)36-27(39)12-10-8-6-5-7-9-11-13-28(40)41/h14-17,21,25-26,30,38H,5-13,18-20H2,1-4H3,(H,34,42)(H,36,39)(H,40,41)/t25-,26+,30?/m0/s1. The number of hydrogen-bond acceptors (Lipinski definition) is 7. The minimum Gasteiger partial charge on any atom is -0.481 e. The summed E-state index contributed by atoms with van der Waals surface area (Å²) >= 11 is 1.58. The zero-order valence-corrected chi connectivity index (χ0v) is 27.3. The van der Waals surface area contributed by atoms with Gasteiger partial charge in [0, 0.05) is 32.4 Å². The smallest absolute Gasteiger partial charge is 0.303 e. The lowest BCUT2D eigenvalue weighted by molar-refractivity contribution is -0.144. The molecule has 10 nitrogen and oxygen atoms in total. The third-order valence-electron chi connectivity index (χ3n) is 8.01. The summed E-state index contributed by atoms with van der Waals surface area (Å²) in [6.07, 6.45) is 5.95. The minimum atomic E-state index is -0.840. The van der Waals surface area contributed by atoms with Gasteiger partial charge >= 0.3 is 5.97 Å². The molecule has 1 unspecified atom stereocenters. The molecule has 44 heavy (non-hydrogen) atoms. The van der Waals surface area contributed by atoms with E-state index in [4.69, 9.17) is 5.11 Å². The molecule has 2 aromatic rings. The number of carbonyl (C=O) groups excluding carboxylic acids is 3. The van der Waals surface area contributed by atoms with Gasteiger partial charge in [0.1, 0.15) is 12.1 Å². The normalized spacial score (nSPS) is 17.3. The van der Waals surface area contributed by atoms with Gasteiger partial charge in [-0.15, -0.1) is 11.3 Å². The second-order valence-electron chi connectivity index (χ2n) is 12.8. The number of β-amino-alcohol motifs (C(OH)–C–C–N with tert-alkyl or cyclic N) is 1. The number of nitrogens with one attached hydrogen (secondary N) is 2. The van der Waals surface area contributed by atoms with Gasteiger partial charge in [0.05, 0.1) is 22.2 Å². The van der Waals surface area contributed by atoms with Gasteiger partial charge in [-0.25, -0.2) is 4.98 Å². The highest BCUT2D eigenvalue weighted by atomic mass is 32.1. The molecule has 4 N–H and O–H groups in total. The number of hydrogen-bond donors (Lipinski definition) is 4. The molecule has 3 amide bonds. The zero-order chi connectivity index (χ0) is 32.3. The van der Waals surface area contributed by atoms with E-state index < -0.39 is 29.6 Å². The van der Waals surface area contributed by atoms with Crippen LogP contribution >= 0.6 is 11.3 Å². The van der Waals surface area contributed by atoms with Crippen LogP contribution in [-0.2, 0) is 25.7 Å². The topological polar surface area (TPSA) is 149 Å². The van der Waals surface area contributed by atoms with E-state index in [-0.39, 0.29) is 43.7 Å². The molecule has 0 bridgehead atoms. The van der Waals surface area contributed by atoms with Crippen molar-refractivity contribution in [2.24, 2.45) is 5.41 Å². The van der Waals surface area contributed by atoms with Gasteiger partial charge in [-0.2, -0.15) is 0 Å². The van der Waals surface area contributed by atoms with E-state index in [1.807, 2.05) is 57.5 Å².